The molecule has 202 valence electrons. The van der Waals surface area contributed by atoms with Crippen LogP contribution >= 0.6 is 0 Å². The molecule has 7 nitrogen and oxygen atoms in total. The van der Waals surface area contributed by atoms with Crippen LogP contribution in [0, 0.1) is 5.92 Å². The quantitative estimate of drug-likeness (QED) is 0.250. The van der Waals surface area contributed by atoms with E-state index in [9.17, 15) is 4.79 Å². The summed E-state index contributed by atoms with van der Waals surface area (Å²) in [5.74, 6) is 1.44. The van der Waals surface area contributed by atoms with Gasteiger partial charge in [-0.1, -0.05) is 71.9 Å². The van der Waals surface area contributed by atoms with Crippen molar-refractivity contribution >= 4 is 11.7 Å². The third-order valence-corrected chi connectivity index (χ3v) is 8.16. The fraction of sp³-hybridized carbons (Fsp3) is 0.323. The van der Waals surface area contributed by atoms with Crippen molar-refractivity contribution < 1.29 is 30.9 Å². The van der Waals surface area contributed by atoms with Gasteiger partial charge in [-0.2, -0.15) is 4.98 Å². The molecule has 0 N–H and O–H groups in total. The van der Waals surface area contributed by atoms with Crippen LogP contribution in [0.4, 0.5) is 5.69 Å². The maximum absolute atomic E-state index is 13.8. The summed E-state index contributed by atoms with van der Waals surface area (Å²) in [6.45, 7) is 3.55. The monoisotopic (exact) mass is 544 g/mol. The lowest BCUT2D eigenvalue weighted by molar-refractivity contribution is -0.958. The third kappa shape index (κ3) is 5.70. The molecule has 4 aromatic rings. The molecule has 1 unspecified atom stereocenters. The number of fused-ring (bicyclic) bond motifs is 3. The molecule has 3 saturated heterocycles. The van der Waals surface area contributed by atoms with Gasteiger partial charge in [0.1, 0.15) is 13.1 Å². The Morgan fingerprint density at radius 1 is 0.974 bits per heavy atom. The zero-order valence-corrected chi connectivity index (χ0v) is 22.8. The second-order valence-electron chi connectivity index (χ2n) is 10.6. The van der Waals surface area contributed by atoms with Gasteiger partial charge in [0.2, 0.25) is 5.82 Å². The minimum absolute atomic E-state index is 0. The van der Waals surface area contributed by atoms with E-state index in [1.54, 1.807) is 0 Å². The molecule has 0 saturated carbocycles. The Morgan fingerprint density at radius 2 is 1.59 bits per heavy atom. The van der Waals surface area contributed by atoms with Crippen molar-refractivity contribution in [3.63, 3.8) is 0 Å². The van der Waals surface area contributed by atoms with Crippen molar-refractivity contribution in [1.82, 2.24) is 10.1 Å². The van der Waals surface area contributed by atoms with Crippen LogP contribution in [0.3, 0.4) is 0 Å². The number of carbonyl (C=O) groups is 1. The zero-order valence-electron chi connectivity index (χ0n) is 22.0. The highest BCUT2D eigenvalue weighted by Gasteiger charge is 2.49. The van der Waals surface area contributed by atoms with Crippen molar-refractivity contribution in [3.8, 4) is 11.5 Å². The van der Waals surface area contributed by atoms with Crippen molar-refractivity contribution in [1.29, 1.82) is 0 Å². The number of esters is 1. The van der Waals surface area contributed by atoms with Crippen LogP contribution in [0.15, 0.2) is 95.5 Å². The van der Waals surface area contributed by atoms with E-state index in [1.807, 2.05) is 103 Å². The van der Waals surface area contributed by atoms with Gasteiger partial charge < -0.3 is 31.0 Å². The highest BCUT2D eigenvalue weighted by molar-refractivity contribution is 5.82. The minimum Gasteiger partial charge on any atom is -1.00 e. The summed E-state index contributed by atoms with van der Waals surface area (Å²) < 4.78 is 12.8. The first-order valence-corrected chi connectivity index (χ1v) is 13.4. The molecule has 7 rings (SSSR count). The van der Waals surface area contributed by atoms with Gasteiger partial charge in [0.05, 0.1) is 13.1 Å². The molecule has 2 bridgehead atoms. The number of hydrogen-bond donors (Lipinski definition) is 0. The highest BCUT2D eigenvalue weighted by Crippen LogP contribution is 2.38. The van der Waals surface area contributed by atoms with E-state index < -0.39 is 6.04 Å². The lowest BCUT2D eigenvalue weighted by atomic mass is 9.83. The fourth-order valence-electron chi connectivity index (χ4n) is 6.07. The Kier molecular flexibility index (Phi) is 8.00. The van der Waals surface area contributed by atoms with Gasteiger partial charge >= 0.3 is 5.97 Å². The van der Waals surface area contributed by atoms with E-state index in [-0.39, 0.29) is 24.5 Å². The maximum Gasteiger partial charge on any atom is 0.333 e. The summed E-state index contributed by atoms with van der Waals surface area (Å²) >= 11 is 0. The molecule has 3 aromatic carbocycles. The molecule has 4 heterocycles. The summed E-state index contributed by atoms with van der Waals surface area (Å²) in [4.78, 5) is 20.5. The summed E-state index contributed by atoms with van der Waals surface area (Å²) in [6, 6.07) is 29.2. The molecule has 3 aliphatic rings. The topological polar surface area (TPSA) is 68.5 Å². The first-order valence-electron chi connectivity index (χ1n) is 13.4. The number of para-hydroxylation sites is 1. The molecule has 1 aromatic heterocycles. The van der Waals surface area contributed by atoms with Crippen molar-refractivity contribution in [2.75, 3.05) is 31.6 Å². The molecule has 0 spiro atoms. The molecular formula is C31H33ClN4O3. The Bertz CT molecular complexity index is 1360. The number of nitrogens with zero attached hydrogens (tertiary/aromatic N) is 4. The number of halogens is 1. The van der Waals surface area contributed by atoms with Gasteiger partial charge in [-0.15, -0.1) is 0 Å². The summed E-state index contributed by atoms with van der Waals surface area (Å²) in [5, 5.41) is 4.29. The third-order valence-electron chi connectivity index (χ3n) is 8.16. The van der Waals surface area contributed by atoms with E-state index in [4.69, 9.17) is 9.26 Å². The van der Waals surface area contributed by atoms with Gasteiger partial charge in [0.25, 0.3) is 5.89 Å². The number of ether oxygens (including phenoxy) is 1. The van der Waals surface area contributed by atoms with Gasteiger partial charge in [-0.05, 0) is 29.8 Å². The molecule has 0 radical (unpaired) electrons. The molecule has 0 aliphatic carbocycles. The summed E-state index contributed by atoms with van der Waals surface area (Å²) in [5.41, 5.74) is 2.82. The second-order valence-corrected chi connectivity index (χ2v) is 10.6. The molecule has 39 heavy (non-hydrogen) atoms. The number of aromatic nitrogens is 2. The smallest absolute Gasteiger partial charge is 0.333 e. The van der Waals surface area contributed by atoms with Crippen LogP contribution in [-0.2, 0) is 16.1 Å². The van der Waals surface area contributed by atoms with Crippen LogP contribution in [-0.4, -0.2) is 53.4 Å². The molecule has 0 amide bonds. The number of anilines is 1. The van der Waals surface area contributed by atoms with Crippen molar-refractivity contribution in [2.45, 2.75) is 31.5 Å². The zero-order chi connectivity index (χ0) is 26.0. The van der Waals surface area contributed by atoms with Gasteiger partial charge in [-0.3, -0.25) is 0 Å². The number of benzene rings is 3. The SMILES string of the molecule is CN(c1ccccc1)C(C(=O)O[C@H]1C[N+]2(Cc3noc(-c4ccccc4)n3)CCC1CC2)c1ccccc1.[Cl-]. The predicted molar refractivity (Wildman–Crippen MR) is 145 cm³/mol. The number of quaternary nitrogens is 1. The Balaban J connectivity index is 0.00000308. The first-order chi connectivity index (χ1) is 18.6. The standard InChI is InChI=1S/C31H33N4O3.ClH/c1-34(26-15-9-4-10-16-26)29(24-11-5-2-6-12-24)31(36)37-27-21-35(19-17-23(27)18-20-35)22-28-32-30(38-33-28)25-13-7-3-8-14-25;/h2-16,23,27,29H,17-22H2,1H3;1H/q+1;/p-1/t23?,27-,29?,35?;/m0./s1. The van der Waals surface area contributed by atoms with Crippen LogP contribution in [0.25, 0.3) is 11.5 Å². The average Bonchev–Trinajstić information content (AvgIpc) is 3.43. The fourth-order valence-corrected chi connectivity index (χ4v) is 6.07. The van der Waals surface area contributed by atoms with E-state index in [0.717, 1.165) is 53.8 Å². The first kappa shape index (κ1) is 26.9. The highest BCUT2D eigenvalue weighted by atomic mass is 35.5. The van der Waals surface area contributed by atoms with Crippen molar-refractivity contribution in [2.24, 2.45) is 5.92 Å². The average molecular weight is 545 g/mol. The van der Waals surface area contributed by atoms with E-state index in [0.29, 0.717) is 24.2 Å². The molecule has 3 aliphatic heterocycles. The molecule has 8 heteroatoms. The van der Waals surface area contributed by atoms with Crippen LogP contribution < -0.4 is 17.3 Å². The Morgan fingerprint density at radius 3 is 2.26 bits per heavy atom. The summed E-state index contributed by atoms with van der Waals surface area (Å²) in [6.07, 6.45) is 1.94. The van der Waals surface area contributed by atoms with Crippen LogP contribution in [0.5, 0.6) is 0 Å². The maximum atomic E-state index is 13.8. The lowest BCUT2D eigenvalue weighted by Crippen LogP contribution is -3.00. The largest absolute Gasteiger partial charge is 1.00 e. The Hall–Kier alpha value is -3.68. The van der Waals surface area contributed by atoms with Crippen LogP contribution in [0.1, 0.15) is 30.3 Å². The molecular weight excluding hydrogens is 512 g/mol. The van der Waals surface area contributed by atoms with Gasteiger partial charge in [0, 0.05) is 37.1 Å². The Labute approximate surface area is 235 Å². The number of piperidine rings is 3. The number of hydrogen-bond acceptors (Lipinski definition) is 6. The summed E-state index contributed by atoms with van der Waals surface area (Å²) in [7, 11) is 1.96. The van der Waals surface area contributed by atoms with Crippen LogP contribution in [0.2, 0.25) is 0 Å². The van der Waals surface area contributed by atoms with E-state index >= 15 is 0 Å². The molecule has 2 atom stereocenters. The number of rotatable bonds is 8. The number of likely N-dealkylation sites (N-methyl/N-ethyl adjacent to an activating group) is 1. The molecule has 3 fully saturated rings. The minimum atomic E-state index is -0.520. The van der Waals surface area contributed by atoms with Gasteiger partial charge in [0.15, 0.2) is 12.1 Å². The normalized spacial score (nSPS) is 22.5. The second kappa shape index (κ2) is 11.6. The van der Waals surface area contributed by atoms with Crippen molar-refractivity contribution in [3.05, 3.63) is 102 Å². The van der Waals surface area contributed by atoms with Gasteiger partial charge in [-0.25, -0.2) is 4.79 Å². The number of carbonyl (C=O) groups excluding carboxylic acids is 1. The predicted octanol–water partition coefficient (Wildman–Crippen LogP) is 2.27. The van der Waals surface area contributed by atoms with E-state index in [2.05, 4.69) is 10.1 Å². The lowest BCUT2D eigenvalue weighted by Gasteiger charge is -2.51. The van der Waals surface area contributed by atoms with E-state index in [1.165, 1.54) is 0 Å².